The number of aryl methyl sites for hydroxylation is 2. The van der Waals surface area contributed by atoms with Crippen LogP contribution in [-0.4, -0.2) is 41.8 Å². The molecule has 1 atom stereocenters. The summed E-state index contributed by atoms with van der Waals surface area (Å²) in [6, 6.07) is 11.5. The van der Waals surface area contributed by atoms with E-state index in [1.54, 1.807) is 29.9 Å². The van der Waals surface area contributed by atoms with Crippen LogP contribution in [0, 0.1) is 6.92 Å². The second kappa shape index (κ2) is 7.24. The minimum absolute atomic E-state index is 0.0152. The van der Waals surface area contributed by atoms with Crippen LogP contribution in [0.5, 0.6) is 0 Å². The molecular formula is C18H23N3O2. The number of benzene rings is 1. The van der Waals surface area contributed by atoms with Gasteiger partial charge in [0.1, 0.15) is 0 Å². The van der Waals surface area contributed by atoms with E-state index in [-0.39, 0.29) is 6.04 Å². The van der Waals surface area contributed by atoms with E-state index in [4.69, 9.17) is 0 Å². The average Bonchev–Trinajstić information content (AvgIpc) is 2.94. The molecule has 0 aliphatic heterocycles. The van der Waals surface area contributed by atoms with Crippen LogP contribution in [0.15, 0.2) is 42.6 Å². The van der Waals surface area contributed by atoms with Gasteiger partial charge in [0.05, 0.1) is 11.7 Å². The SMILES string of the molecule is Cc1ccccc1[C@H](CNC(=O)C(=O)c1cccn1C)N(C)C. The van der Waals surface area contributed by atoms with Crippen LogP contribution in [0.25, 0.3) is 0 Å². The Morgan fingerprint density at radius 1 is 1.17 bits per heavy atom. The Morgan fingerprint density at radius 3 is 2.43 bits per heavy atom. The summed E-state index contributed by atoms with van der Waals surface area (Å²) in [7, 11) is 5.67. The van der Waals surface area contributed by atoms with E-state index in [1.807, 2.05) is 50.2 Å². The van der Waals surface area contributed by atoms with Crippen LogP contribution in [0.1, 0.15) is 27.7 Å². The van der Waals surface area contributed by atoms with E-state index in [0.29, 0.717) is 12.2 Å². The number of aromatic nitrogens is 1. The van der Waals surface area contributed by atoms with Gasteiger partial charge in [0.2, 0.25) is 0 Å². The number of carbonyl (C=O) groups excluding carboxylic acids is 2. The number of hydrogen-bond acceptors (Lipinski definition) is 3. The van der Waals surface area contributed by atoms with E-state index < -0.39 is 11.7 Å². The molecule has 0 bridgehead atoms. The lowest BCUT2D eigenvalue weighted by molar-refractivity contribution is -0.117. The number of Topliss-reactive ketones (excluding diaryl/α,β-unsaturated/α-hetero) is 1. The van der Waals surface area contributed by atoms with Gasteiger partial charge in [0.25, 0.3) is 11.7 Å². The Hall–Kier alpha value is -2.40. The maximum Gasteiger partial charge on any atom is 0.294 e. The van der Waals surface area contributed by atoms with E-state index in [0.717, 1.165) is 11.1 Å². The summed E-state index contributed by atoms with van der Waals surface area (Å²) in [5.41, 5.74) is 2.69. The molecule has 0 aliphatic rings. The van der Waals surface area contributed by atoms with Crippen LogP contribution in [-0.2, 0) is 11.8 Å². The molecule has 0 aliphatic carbocycles. The summed E-state index contributed by atoms with van der Waals surface area (Å²) >= 11 is 0. The van der Waals surface area contributed by atoms with Gasteiger partial charge in [-0.1, -0.05) is 24.3 Å². The Labute approximate surface area is 136 Å². The molecule has 1 aromatic heterocycles. The molecule has 1 N–H and O–H groups in total. The van der Waals surface area contributed by atoms with Crippen molar-refractivity contribution < 1.29 is 9.59 Å². The van der Waals surface area contributed by atoms with Crippen molar-refractivity contribution in [1.29, 1.82) is 0 Å². The van der Waals surface area contributed by atoms with Crippen molar-refractivity contribution in [1.82, 2.24) is 14.8 Å². The number of likely N-dealkylation sites (N-methyl/N-ethyl adjacent to an activating group) is 1. The van der Waals surface area contributed by atoms with Crippen LogP contribution in [0.2, 0.25) is 0 Å². The third-order valence-electron chi connectivity index (χ3n) is 4.01. The van der Waals surface area contributed by atoms with Gasteiger partial charge < -0.3 is 14.8 Å². The number of ketones is 1. The van der Waals surface area contributed by atoms with E-state index >= 15 is 0 Å². The second-order valence-corrected chi connectivity index (χ2v) is 5.88. The molecule has 0 unspecified atom stereocenters. The van der Waals surface area contributed by atoms with Crippen LogP contribution < -0.4 is 5.32 Å². The largest absolute Gasteiger partial charge is 0.348 e. The van der Waals surface area contributed by atoms with Crippen LogP contribution in [0.4, 0.5) is 0 Å². The van der Waals surface area contributed by atoms with Crippen molar-refractivity contribution in [3.8, 4) is 0 Å². The van der Waals surface area contributed by atoms with Crippen molar-refractivity contribution in [3.05, 3.63) is 59.4 Å². The van der Waals surface area contributed by atoms with Gasteiger partial charge in [0, 0.05) is 19.8 Å². The zero-order chi connectivity index (χ0) is 17.0. The maximum atomic E-state index is 12.2. The minimum Gasteiger partial charge on any atom is -0.348 e. The Bertz CT molecular complexity index is 704. The Kier molecular flexibility index (Phi) is 5.34. The lowest BCUT2D eigenvalue weighted by Gasteiger charge is -2.26. The predicted octanol–water partition coefficient (Wildman–Crippen LogP) is 1.94. The van der Waals surface area contributed by atoms with Crippen molar-refractivity contribution >= 4 is 11.7 Å². The summed E-state index contributed by atoms with van der Waals surface area (Å²) in [5.74, 6) is -1.09. The lowest BCUT2D eigenvalue weighted by Crippen LogP contribution is -2.38. The lowest BCUT2D eigenvalue weighted by atomic mass is 10.0. The summed E-state index contributed by atoms with van der Waals surface area (Å²) < 4.78 is 1.65. The third kappa shape index (κ3) is 3.87. The first-order valence-electron chi connectivity index (χ1n) is 7.57. The normalized spacial score (nSPS) is 12.2. The van der Waals surface area contributed by atoms with Crippen molar-refractivity contribution in [2.45, 2.75) is 13.0 Å². The molecule has 122 valence electrons. The van der Waals surface area contributed by atoms with E-state index in [2.05, 4.69) is 5.32 Å². The zero-order valence-electron chi connectivity index (χ0n) is 14.0. The molecule has 0 saturated heterocycles. The molecule has 0 fully saturated rings. The number of nitrogens with one attached hydrogen (secondary N) is 1. The highest BCUT2D eigenvalue weighted by Gasteiger charge is 2.21. The molecule has 1 aromatic carbocycles. The molecule has 1 amide bonds. The molecule has 0 radical (unpaired) electrons. The van der Waals surface area contributed by atoms with Crippen LogP contribution >= 0.6 is 0 Å². The van der Waals surface area contributed by atoms with Gasteiger partial charge in [-0.25, -0.2) is 0 Å². The van der Waals surface area contributed by atoms with Crippen LogP contribution in [0.3, 0.4) is 0 Å². The monoisotopic (exact) mass is 313 g/mol. The Morgan fingerprint density at radius 2 is 1.87 bits per heavy atom. The first-order valence-corrected chi connectivity index (χ1v) is 7.57. The minimum atomic E-state index is -0.577. The topological polar surface area (TPSA) is 54.3 Å². The molecule has 2 rings (SSSR count). The average molecular weight is 313 g/mol. The smallest absolute Gasteiger partial charge is 0.294 e. The van der Waals surface area contributed by atoms with Gasteiger partial charge in [-0.05, 0) is 44.3 Å². The second-order valence-electron chi connectivity index (χ2n) is 5.88. The van der Waals surface area contributed by atoms with Gasteiger partial charge >= 0.3 is 0 Å². The summed E-state index contributed by atoms with van der Waals surface area (Å²) in [5, 5.41) is 2.76. The molecule has 1 heterocycles. The summed E-state index contributed by atoms with van der Waals surface area (Å²) in [6.07, 6.45) is 1.75. The Balaban J connectivity index is 2.08. The molecule has 0 spiro atoms. The van der Waals surface area contributed by atoms with Crippen molar-refractivity contribution in [2.24, 2.45) is 7.05 Å². The number of carbonyl (C=O) groups is 2. The van der Waals surface area contributed by atoms with Gasteiger partial charge in [-0.2, -0.15) is 0 Å². The fraction of sp³-hybridized carbons (Fsp3) is 0.333. The zero-order valence-corrected chi connectivity index (χ0v) is 14.0. The molecular weight excluding hydrogens is 290 g/mol. The highest BCUT2D eigenvalue weighted by atomic mass is 16.2. The number of rotatable bonds is 6. The first-order chi connectivity index (χ1) is 10.9. The number of amides is 1. The molecule has 0 saturated carbocycles. The fourth-order valence-electron chi connectivity index (χ4n) is 2.61. The first kappa shape index (κ1) is 17.0. The highest BCUT2D eigenvalue weighted by Crippen LogP contribution is 2.20. The molecule has 2 aromatic rings. The van der Waals surface area contributed by atoms with E-state index in [1.165, 1.54) is 0 Å². The quantitative estimate of drug-likeness (QED) is 0.655. The van der Waals surface area contributed by atoms with Gasteiger partial charge in [-0.3, -0.25) is 9.59 Å². The molecule has 5 nitrogen and oxygen atoms in total. The maximum absolute atomic E-state index is 12.2. The van der Waals surface area contributed by atoms with Gasteiger partial charge in [0.15, 0.2) is 0 Å². The van der Waals surface area contributed by atoms with Crippen molar-refractivity contribution in [3.63, 3.8) is 0 Å². The highest BCUT2D eigenvalue weighted by molar-refractivity contribution is 6.42. The standard InChI is InChI=1S/C18H23N3O2/c1-13-8-5-6-9-14(13)16(20(2)3)12-19-18(23)17(22)15-10-7-11-21(15)4/h5-11,16H,12H2,1-4H3,(H,19,23)/t16-/m0/s1. The fourth-order valence-corrected chi connectivity index (χ4v) is 2.61. The number of nitrogens with zero attached hydrogens (tertiary/aromatic N) is 2. The summed E-state index contributed by atoms with van der Waals surface area (Å²) in [6.45, 7) is 2.43. The summed E-state index contributed by atoms with van der Waals surface area (Å²) in [4.78, 5) is 26.3. The van der Waals surface area contributed by atoms with E-state index in [9.17, 15) is 9.59 Å². The predicted molar refractivity (Wildman–Crippen MR) is 90.4 cm³/mol. The van der Waals surface area contributed by atoms with Crippen molar-refractivity contribution in [2.75, 3.05) is 20.6 Å². The molecule has 23 heavy (non-hydrogen) atoms. The molecule has 5 heteroatoms. The third-order valence-corrected chi connectivity index (χ3v) is 4.01. The number of hydrogen-bond donors (Lipinski definition) is 1. The van der Waals surface area contributed by atoms with Gasteiger partial charge in [-0.15, -0.1) is 0 Å².